The Bertz CT molecular complexity index is 357. The van der Waals surface area contributed by atoms with Gasteiger partial charge >= 0.3 is 0 Å². The SMILES string of the molecule is CCC1(C)C2CC21C1(C)C(C)C1C(C)C(C)C. The fourth-order valence-corrected chi connectivity index (χ4v) is 6.11. The molecule has 0 N–H and O–H groups in total. The second-order valence-electron chi connectivity index (χ2n) is 8.20. The summed E-state index contributed by atoms with van der Waals surface area (Å²) in [7, 11) is 0. The molecule has 0 radical (unpaired) electrons. The Labute approximate surface area is 108 Å². The molecule has 0 nitrogen and oxygen atoms in total. The van der Waals surface area contributed by atoms with Crippen molar-refractivity contribution in [2.45, 2.75) is 61.3 Å². The summed E-state index contributed by atoms with van der Waals surface area (Å²) >= 11 is 0. The Morgan fingerprint density at radius 3 is 2.12 bits per heavy atom. The van der Waals surface area contributed by atoms with Crippen LogP contribution in [0.15, 0.2) is 0 Å². The third-order valence-corrected chi connectivity index (χ3v) is 8.05. The number of fused-ring (bicyclic) bond motifs is 1. The molecule has 3 rings (SSSR count). The molecule has 7 atom stereocenters. The van der Waals surface area contributed by atoms with E-state index >= 15 is 0 Å². The van der Waals surface area contributed by atoms with Gasteiger partial charge < -0.3 is 0 Å². The van der Waals surface area contributed by atoms with E-state index in [0.29, 0.717) is 5.41 Å². The molecule has 3 fully saturated rings. The van der Waals surface area contributed by atoms with Gasteiger partial charge in [0, 0.05) is 0 Å². The van der Waals surface area contributed by atoms with E-state index in [1.807, 2.05) is 0 Å². The van der Waals surface area contributed by atoms with Gasteiger partial charge in [-0.15, -0.1) is 0 Å². The largest absolute Gasteiger partial charge is 0.0648 e. The van der Waals surface area contributed by atoms with Crippen LogP contribution < -0.4 is 0 Å². The summed E-state index contributed by atoms with van der Waals surface area (Å²) in [6.07, 6.45) is 2.96. The molecule has 3 aliphatic rings. The summed E-state index contributed by atoms with van der Waals surface area (Å²) in [6.45, 7) is 17.4. The molecule has 0 aliphatic heterocycles. The highest BCUT2D eigenvalue weighted by molar-refractivity contribution is 5.42. The first-order valence-electron chi connectivity index (χ1n) is 7.79. The maximum atomic E-state index is 2.63. The predicted octanol–water partition coefficient (Wildman–Crippen LogP) is 4.99. The summed E-state index contributed by atoms with van der Waals surface area (Å²) in [5, 5.41) is 0. The van der Waals surface area contributed by atoms with Crippen molar-refractivity contribution in [2.75, 3.05) is 0 Å². The zero-order chi connectivity index (χ0) is 12.8. The highest BCUT2D eigenvalue weighted by Gasteiger charge is 2.95. The van der Waals surface area contributed by atoms with Gasteiger partial charge in [0.05, 0.1) is 0 Å². The quantitative estimate of drug-likeness (QED) is 0.643. The lowest BCUT2D eigenvalue weighted by Gasteiger charge is -2.29. The van der Waals surface area contributed by atoms with Crippen LogP contribution in [-0.4, -0.2) is 0 Å². The van der Waals surface area contributed by atoms with E-state index in [1.54, 1.807) is 6.42 Å². The van der Waals surface area contributed by atoms with E-state index in [9.17, 15) is 0 Å². The molecule has 0 aromatic heterocycles. The summed E-state index contributed by atoms with van der Waals surface area (Å²) in [4.78, 5) is 0. The van der Waals surface area contributed by atoms with Crippen molar-refractivity contribution < 1.29 is 0 Å². The van der Waals surface area contributed by atoms with Crippen molar-refractivity contribution in [1.29, 1.82) is 0 Å². The molecular formula is C17H30. The van der Waals surface area contributed by atoms with Gasteiger partial charge in [-0.1, -0.05) is 48.5 Å². The molecule has 0 aromatic carbocycles. The minimum atomic E-state index is 0.687. The summed E-state index contributed by atoms with van der Waals surface area (Å²) < 4.78 is 0. The second-order valence-corrected chi connectivity index (χ2v) is 8.20. The highest BCUT2D eigenvalue weighted by Crippen LogP contribution is 3.00. The van der Waals surface area contributed by atoms with Crippen LogP contribution in [0, 0.1) is 45.8 Å². The van der Waals surface area contributed by atoms with Crippen molar-refractivity contribution in [3.8, 4) is 0 Å². The monoisotopic (exact) mass is 234 g/mol. The molecule has 98 valence electrons. The molecular weight excluding hydrogens is 204 g/mol. The van der Waals surface area contributed by atoms with E-state index in [1.165, 1.54) is 6.42 Å². The lowest BCUT2D eigenvalue weighted by atomic mass is 9.75. The maximum Gasteiger partial charge on any atom is -0.0145 e. The lowest BCUT2D eigenvalue weighted by molar-refractivity contribution is 0.187. The van der Waals surface area contributed by atoms with Crippen LogP contribution in [0.3, 0.4) is 0 Å². The Kier molecular flexibility index (Phi) is 2.08. The number of hydrogen-bond donors (Lipinski definition) is 0. The molecule has 0 heteroatoms. The van der Waals surface area contributed by atoms with Crippen LogP contribution in [0.2, 0.25) is 0 Å². The van der Waals surface area contributed by atoms with E-state index in [-0.39, 0.29) is 0 Å². The Balaban J connectivity index is 1.82. The summed E-state index contributed by atoms with van der Waals surface area (Å²) in [5.41, 5.74) is 2.19. The van der Waals surface area contributed by atoms with Gasteiger partial charge in [0.25, 0.3) is 0 Å². The third kappa shape index (κ3) is 1.00. The van der Waals surface area contributed by atoms with Gasteiger partial charge in [0.15, 0.2) is 0 Å². The van der Waals surface area contributed by atoms with Crippen LogP contribution >= 0.6 is 0 Å². The van der Waals surface area contributed by atoms with Gasteiger partial charge in [-0.05, 0) is 58.7 Å². The van der Waals surface area contributed by atoms with Gasteiger partial charge in [-0.25, -0.2) is 0 Å². The summed E-state index contributed by atoms with van der Waals surface area (Å²) in [6, 6.07) is 0. The van der Waals surface area contributed by atoms with Crippen molar-refractivity contribution in [3.63, 3.8) is 0 Å². The molecule has 0 spiro atoms. The zero-order valence-electron chi connectivity index (χ0n) is 12.8. The molecule has 0 amide bonds. The van der Waals surface area contributed by atoms with E-state index < -0.39 is 0 Å². The molecule has 7 unspecified atom stereocenters. The van der Waals surface area contributed by atoms with Crippen molar-refractivity contribution in [3.05, 3.63) is 0 Å². The molecule has 0 aromatic rings. The number of rotatable bonds is 4. The average molecular weight is 234 g/mol. The second kappa shape index (κ2) is 2.94. The minimum Gasteiger partial charge on any atom is -0.0648 e. The van der Waals surface area contributed by atoms with Crippen LogP contribution in [0.5, 0.6) is 0 Å². The standard InChI is InChI=1S/C17H30/c1-8-15(6)13-9-17(13,15)16(7)12(5)14(16)11(4)10(2)3/h10-14H,8-9H2,1-7H3. The number of hydrogen-bond acceptors (Lipinski definition) is 0. The molecule has 0 bridgehead atoms. The van der Waals surface area contributed by atoms with Gasteiger partial charge in [-0.2, -0.15) is 0 Å². The highest BCUT2D eigenvalue weighted by atomic mass is 15.0. The van der Waals surface area contributed by atoms with Crippen LogP contribution in [0.1, 0.15) is 61.3 Å². The Morgan fingerprint density at radius 2 is 1.76 bits per heavy atom. The fourth-order valence-electron chi connectivity index (χ4n) is 6.11. The van der Waals surface area contributed by atoms with Crippen molar-refractivity contribution in [2.24, 2.45) is 45.8 Å². The first-order chi connectivity index (χ1) is 7.79. The smallest absolute Gasteiger partial charge is 0.0145 e. The molecule has 3 aliphatic carbocycles. The molecule has 0 heterocycles. The zero-order valence-corrected chi connectivity index (χ0v) is 12.8. The summed E-state index contributed by atoms with van der Waals surface area (Å²) in [5.74, 6) is 4.83. The average Bonchev–Trinajstić information content (AvgIpc) is 3.18. The van der Waals surface area contributed by atoms with E-state index in [0.717, 1.165) is 40.4 Å². The molecule has 0 saturated heterocycles. The first kappa shape index (κ1) is 12.1. The Morgan fingerprint density at radius 1 is 1.18 bits per heavy atom. The topological polar surface area (TPSA) is 0 Å². The van der Waals surface area contributed by atoms with Crippen molar-refractivity contribution in [1.82, 2.24) is 0 Å². The van der Waals surface area contributed by atoms with Crippen LogP contribution in [0.4, 0.5) is 0 Å². The molecule has 3 saturated carbocycles. The lowest BCUT2D eigenvalue weighted by Crippen LogP contribution is -2.23. The normalized spacial score (nSPS) is 61.1. The van der Waals surface area contributed by atoms with E-state index in [2.05, 4.69) is 48.5 Å². The van der Waals surface area contributed by atoms with Crippen LogP contribution in [-0.2, 0) is 0 Å². The molecule has 17 heavy (non-hydrogen) atoms. The minimum absolute atomic E-state index is 0.687. The predicted molar refractivity (Wildman–Crippen MR) is 73.7 cm³/mol. The van der Waals surface area contributed by atoms with Gasteiger partial charge in [-0.3, -0.25) is 0 Å². The fraction of sp³-hybridized carbons (Fsp3) is 1.00. The first-order valence-corrected chi connectivity index (χ1v) is 7.79. The Hall–Kier alpha value is 0. The van der Waals surface area contributed by atoms with Gasteiger partial charge in [0.2, 0.25) is 0 Å². The third-order valence-electron chi connectivity index (χ3n) is 8.05. The maximum absolute atomic E-state index is 2.63. The van der Waals surface area contributed by atoms with E-state index in [4.69, 9.17) is 0 Å². The van der Waals surface area contributed by atoms with Crippen LogP contribution in [0.25, 0.3) is 0 Å². The van der Waals surface area contributed by atoms with Crippen molar-refractivity contribution >= 4 is 0 Å². The van der Waals surface area contributed by atoms with Gasteiger partial charge in [0.1, 0.15) is 0 Å².